The zero-order valence-corrected chi connectivity index (χ0v) is 13.5. The van der Waals surface area contributed by atoms with Gasteiger partial charge in [-0.25, -0.2) is 0 Å². The molecule has 1 aromatic heterocycles. The number of aliphatic carboxylic acids is 1. The van der Waals surface area contributed by atoms with E-state index in [1.54, 1.807) is 18.7 Å². The van der Waals surface area contributed by atoms with Gasteiger partial charge in [0.1, 0.15) is 5.92 Å². The first-order chi connectivity index (χ1) is 11.0. The maximum absolute atomic E-state index is 12.8. The summed E-state index contributed by atoms with van der Waals surface area (Å²) in [6.07, 6.45) is 1.91. The lowest BCUT2D eigenvalue weighted by molar-refractivity contribution is -0.153. The van der Waals surface area contributed by atoms with Gasteiger partial charge in [-0.3, -0.25) is 9.59 Å². The summed E-state index contributed by atoms with van der Waals surface area (Å²) in [7, 11) is 0. The number of carboxylic acid groups (broad SMARTS) is 1. The van der Waals surface area contributed by atoms with Crippen molar-refractivity contribution in [3.8, 4) is 0 Å². The number of carbonyl (C=O) groups excluding carboxylic acids is 1. The van der Waals surface area contributed by atoms with Crippen LogP contribution in [-0.4, -0.2) is 32.9 Å². The molecule has 1 aliphatic rings. The van der Waals surface area contributed by atoms with Crippen molar-refractivity contribution in [2.24, 2.45) is 11.8 Å². The fourth-order valence-electron chi connectivity index (χ4n) is 3.03. The number of para-hydroxylation sites is 1. The molecule has 1 amide bonds. The molecule has 23 heavy (non-hydrogen) atoms. The molecule has 1 heterocycles. The minimum Gasteiger partial charge on any atom is -0.481 e. The van der Waals surface area contributed by atoms with Gasteiger partial charge in [0.05, 0.1) is 6.54 Å². The van der Waals surface area contributed by atoms with Crippen molar-refractivity contribution in [1.82, 2.24) is 9.88 Å². The van der Waals surface area contributed by atoms with Crippen LogP contribution in [0.1, 0.15) is 32.4 Å². The third kappa shape index (κ3) is 3.23. The highest BCUT2D eigenvalue weighted by Gasteiger charge is 2.40. The number of hydrogen-bond acceptors (Lipinski definition) is 2. The Hall–Kier alpha value is -2.30. The first-order valence-electron chi connectivity index (χ1n) is 8.07. The number of hydrogen-bond donors (Lipinski definition) is 2. The molecular formula is C18H22N2O3. The number of H-pyrrole nitrogens is 1. The summed E-state index contributed by atoms with van der Waals surface area (Å²) in [5.74, 6) is -2.50. The third-order valence-corrected chi connectivity index (χ3v) is 4.40. The second-order valence-electron chi connectivity index (χ2n) is 6.64. The van der Waals surface area contributed by atoms with Gasteiger partial charge in [0.25, 0.3) is 0 Å². The summed E-state index contributed by atoms with van der Waals surface area (Å²) >= 11 is 0. The van der Waals surface area contributed by atoms with E-state index < -0.39 is 11.9 Å². The largest absolute Gasteiger partial charge is 0.481 e. The Morgan fingerprint density at radius 3 is 2.57 bits per heavy atom. The van der Waals surface area contributed by atoms with Gasteiger partial charge in [-0.2, -0.15) is 0 Å². The van der Waals surface area contributed by atoms with Gasteiger partial charge in [0.2, 0.25) is 5.91 Å². The third-order valence-electron chi connectivity index (χ3n) is 4.40. The molecule has 2 aromatic rings. The molecule has 2 N–H and O–H groups in total. The predicted octanol–water partition coefficient (Wildman–Crippen LogP) is 3.02. The number of aromatic nitrogens is 1. The molecule has 122 valence electrons. The molecule has 1 aliphatic carbocycles. The average Bonchev–Trinajstić information content (AvgIpc) is 3.23. The molecule has 0 radical (unpaired) electrons. The summed E-state index contributed by atoms with van der Waals surface area (Å²) in [6, 6.07) is 10.2. The second kappa shape index (κ2) is 6.07. The van der Waals surface area contributed by atoms with Crippen LogP contribution in [0.15, 0.2) is 30.3 Å². The lowest BCUT2D eigenvalue weighted by Crippen LogP contribution is -2.42. The Balaban J connectivity index is 1.84. The molecule has 0 bridgehead atoms. The number of benzene rings is 1. The molecule has 1 aromatic carbocycles. The Morgan fingerprint density at radius 2 is 2.00 bits per heavy atom. The van der Waals surface area contributed by atoms with Gasteiger partial charge in [-0.05, 0) is 36.3 Å². The van der Waals surface area contributed by atoms with Crippen molar-refractivity contribution in [2.45, 2.75) is 39.3 Å². The Labute approximate surface area is 135 Å². The highest BCUT2D eigenvalue weighted by Crippen LogP contribution is 2.31. The minimum absolute atomic E-state index is 0.175. The lowest BCUT2D eigenvalue weighted by atomic mass is 9.94. The van der Waals surface area contributed by atoms with E-state index in [0.717, 1.165) is 29.4 Å². The van der Waals surface area contributed by atoms with Crippen LogP contribution in [0, 0.1) is 11.8 Å². The van der Waals surface area contributed by atoms with Crippen molar-refractivity contribution in [3.05, 3.63) is 36.0 Å². The summed E-state index contributed by atoms with van der Waals surface area (Å²) in [5, 5.41) is 10.5. The number of aromatic amines is 1. The van der Waals surface area contributed by atoms with Crippen LogP contribution in [-0.2, 0) is 16.1 Å². The lowest BCUT2D eigenvalue weighted by Gasteiger charge is -2.27. The van der Waals surface area contributed by atoms with E-state index in [4.69, 9.17) is 0 Å². The summed E-state index contributed by atoms with van der Waals surface area (Å²) in [5.41, 5.74) is 1.98. The first-order valence-corrected chi connectivity index (χ1v) is 8.07. The van der Waals surface area contributed by atoms with E-state index >= 15 is 0 Å². The smallest absolute Gasteiger partial charge is 0.316 e. The van der Waals surface area contributed by atoms with Crippen LogP contribution in [0.5, 0.6) is 0 Å². The van der Waals surface area contributed by atoms with E-state index in [1.807, 2.05) is 30.3 Å². The highest BCUT2D eigenvalue weighted by molar-refractivity contribution is 5.97. The molecule has 5 nitrogen and oxygen atoms in total. The van der Waals surface area contributed by atoms with E-state index in [-0.39, 0.29) is 17.9 Å². The number of nitrogens with zero attached hydrogens (tertiary/aromatic N) is 1. The molecule has 5 heteroatoms. The minimum atomic E-state index is -1.03. The Bertz CT molecular complexity index is 698. The Morgan fingerprint density at radius 1 is 1.30 bits per heavy atom. The average molecular weight is 314 g/mol. The quantitative estimate of drug-likeness (QED) is 0.805. The summed E-state index contributed by atoms with van der Waals surface area (Å²) < 4.78 is 0. The molecular weight excluding hydrogens is 292 g/mol. The van der Waals surface area contributed by atoms with E-state index in [2.05, 4.69) is 4.98 Å². The maximum atomic E-state index is 12.8. The van der Waals surface area contributed by atoms with Crippen LogP contribution in [0.2, 0.25) is 0 Å². The topological polar surface area (TPSA) is 73.4 Å². The van der Waals surface area contributed by atoms with E-state index in [9.17, 15) is 14.7 Å². The molecule has 0 aliphatic heterocycles. The standard InChI is InChI=1S/C18H22N2O3/c1-11(2)16(18(22)23)17(21)20(14-7-8-14)10-13-9-12-5-3-4-6-15(12)19-13/h3-6,9,11,14,16,19H,7-8,10H2,1-2H3,(H,22,23). The zero-order valence-electron chi connectivity index (χ0n) is 13.5. The van der Waals surface area contributed by atoms with Crippen LogP contribution >= 0.6 is 0 Å². The molecule has 1 fully saturated rings. The number of fused-ring (bicyclic) bond motifs is 1. The Kier molecular flexibility index (Phi) is 4.11. The normalized spacial score (nSPS) is 15.8. The van der Waals surface area contributed by atoms with E-state index in [1.165, 1.54) is 0 Å². The number of rotatable bonds is 6. The predicted molar refractivity (Wildman–Crippen MR) is 87.8 cm³/mol. The maximum Gasteiger partial charge on any atom is 0.316 e. The highest BCUT2D eigenvalue weighted by atomic mass is 16.4. The zero-order chi connectivity index (χ0) is 16.6. The summed E-state index contributed by atoms with van der Waals surface area (Å²) in [6.45, 7) is 4.00. The van der Waals surface area contributed by atoms with Crippen molar-refractivity contribution in [3.63, 3.8) is 0 Å². The summed E-state index contributed by atoms with van der Waals surface area (Å²) in [4.78, 5) is 29.3. The van der Waals surface area contributed by atoms with E-state index in [0.29, 0.717) is 6.54 Å². The van der Waals surface area contributed by atoms with Crippen LogP contribution < -0.4 is 0 Å². The van der Waals surface area contributed by atoms with Crippen molar-refractivity contribution < 1.29 is 14.7 Å². The van der Waals surface area contributed by atoms with Gasteiger partial charge in [0, 0.05) is 17.3 Å². The van der Waals surface area contributed by atoms with Crippen LogP contribution in [0.3, 0.4) is 0 Å². The molecule has 1 saturated carbocycles. The van der Waals surface area contributed by atoms with Crippen LogP contribution in [0.25, 0.3) is 10.9 Å². The first kappa shape index (κ1) is 15.6. The van der Waals surface area contributed by atoms with Crippen molar-refractivity contribution >= 4 is 22.8 Å². The second-order valence-corrected chi connectivity index (χ2v) is 6.64. The fourth-order valence-corrected chi connectivity index (χ4v) is 3.03. The number of carboxylic acids is 1. The van der Waals surface area contributed by atoms with Gasteiger partial charge < -0.3 is 15.0 Å². The molecule has 1 atom stereocenters. The SMILES string of the molecule is CC(C)C(C(=O)O)C(=O)N(Cc1cc2ccccc2[nH]1)C1CC1. The van der Waals surface area contributed by atoms with Gasteiger partial charge in [0.15, 0.2) is 0 Å². The number of nitrogens with one attached hydrogen (secondary N) is 1. The fraction of sp³-hybridized carbons (Fsp3) is 0.444. The monoisotopic (exact) mass is 314 g/mol. The number of amides is 1. The van der Waals surface area contributed by atoms with Crippen molar-refractivity contribution in [1.29, 1.82) is 0 Å². The van der Waals surface area contributed by atoms with Gasteiger partial charge >= 0.3 is 5.97 Å². The molecule has 0 saturated heterocycles. The molecule has 1 unspecified atom stereocenters. The number of carbonyl (C=O) groups is 2. The van der Waals surface area contributed by atoms with Crippen LogP contribution in [0.4, 0.5) is 0 Å². The molecule has 0 spiro atoms. The van der Waals surface area contributed by atoms with Crippen molar-refractivity contribution in [2.75, 3.05) is 0 Å². The van der Waals surface area contributed by atoms with Gasteiger partial charge in [-0.15, -0.1) is 0 Å². The van der Waals surface area contributed by atoms with Gasteiger partial charge in [-0.1, -0.05) is 32.0 Å². The molecule has 3 rings (SSSR count).